The Balaban J connectivity index is 2.21. The van der Waals surface area contributed by atoms with Crippen molar-refractivity contribution in [2.24, 2.45) is 0 Å². The Morgan fingerprint density at radius 3 is 2.46 bits per heavy atom. The molecule has 1 heterocycles. The average molecular weight is 408 g/mol. The number of nitrogens with zero attached hydrogens (tertiary/aromatic N) is 2. The van der Waals surface area contributed by atoms with Gasteiger partial charge in [0.05, 0.1) is 16.8 Å². The number of amides is 1. The van der Waals surface area contributed by atoms with Crippen LogP contribution < -0.4 is 5.32 Å². The molecule has 3 aromatic rings. The normalized spacial score (nSPS) is 10.4. The molecule has 6 heteroatoms. The lowest BCUT2D eigenvalue weighted by atomic mass is 9.94. The van der Waals surface area contributed by atoms with Crippen molar-refractivity contribution >= 4 is 35.0 Å². The first-order chi connectivity index (χ1) is 13.5. The number of aromatic nitrogens is 1. The fourth-order valence-electron chi connectivity index (χ4n) is 2.92. The smallest absolute Gasteiger partial charge is 0.258 e. The highest BCUT2D eigenvalue weighted by molar-refractivity contribution is 7.99. The van der Waals surface area contributed by atoms with Gasteiger partial charge in [-0.2, -0.15) is 5.26 Å². The number of nitrogens with one attached hydrogen (secondary N) is 1. The number of aryl methyl sites for hydroxylation is 1. The SMILES string of the molecule is CCSc1nc(C)c(C(=O)Nc2ccccc2)c(-c2ccc(Cl)cc2)c1C#N. The first-order valence-corrected chi connectivity index (χ1v) is 10.1. The van der Waals surface area contributed by atoms with Gasteiger partial charge in [0, 0.05) is 16.3 Å². The van der Waals surface area contributed by atoms with Gasteiger partial charge in [-0.15, -0.1) is 11.8 Å². The summed E-state index contributed by atoms with van der Waals surface area (Å²) in [6.45, 7) is 3.79. The van der Waals surface area contributed by atoms with Crippen LogP contribution in [-0.4, -0.2) is 16.6 Å². The molecule has 28 heavy (non-hydrogen) atoms. The molecule has 0 aliphatic carbocycles. The van der Waals surface area contributed by atoms with Gasteiger partial charge < -0.3 is 5.32 Å². The number of halogens is 1. The molecule has 3 rings (SSSR count). The van der Waals surface area contributed by atoms with Crippen molar-refractivity contribution in [3.05, 3.63) is 76.4 Å². The molecule has 0 bridgehead atoms. The van der Waals surface area contributed by atoms with E-state index in [1.54, 1.807) is 19.1 Å². The van der Waals surface area contributed by atoms with E-state index in [-0.39, 0.29) is 5.91 Å². The Kier molecular flexibility index (Phi) is 6.35. The quantitative estimate of drug-likeness (QED) is 0.531. The third-order valence-corrected chi connectivity index (χ3v) is 5.24. The molecule has 0 saturated carbocycles. The fraction of sp³-hybridized carbons (Fsp3) is 0.136. The highest BCUT2D eigenvalue weighted by Gasteiger charge is 2.24. The molecular formula is C22H18ClN3OS. The number of benzene rings is 2. The Bertz CT molecular complexity index is 1040. The predicted molar refractivity (Wildman–Crippen MR) is 115 cm³/mol. The highest BCUT2D eigenvalue weighted by atomic mass is 35.5. The molecule has 4 nitrogen and oxygen atoms in total. The number of carbonyl (C=O) groups is 1. The summed E-state index contributed by atoms with van der Waals surface area (Å²) in [6, 6.07) is 18.6. The number of thioether (sulfide) groups is 1. The van der Waals surface area contributed by atoms with Crippen molar-refractivity contribution in [2.75, 3.05) is 11.1 Å². The van der Waals surface area contributed by atoms with Gasteiger partial charge in [-0.05, 0) is 42.5 Å². The Morgan fingerprint density at radius 2 is 1.86 bits per heavy atom. The second-order valence-electron chi connectivity index (χ2n) is 6.00. The van der Waals surface area contributed by atoms with E-state index < -0.39 is 0 Å². The maximum atomic E-state index is 13.1. The maximum absolute atomic E-state index is 13.1. The number of anilines is 1. The van der Waals surface area contributed by atoms with E-state index in [0.717, 1.165) is 11.3 Å². The van der Waals surface area contributed by atoms with Crippen LogP contribution in [0.4, 0.5) is 5.69 Å². The minimum Gasteiger partial charge on any atom is -0.322 e. The van der Waals surface area contributed by atoms with Gasteiger partial charge >= 0.3 is 0 Å². The van der Waals surface area contributed by atoms with Crippen molar-refractivity contribution in [1.82, 2.24) is 4.98 Å². The molecule has 2 aromatic carbocycles. The minimum atomic E-state index is -0.300. The number of hydrogen-bond acceptors (Lipinski definition) is 4. The maximum Gasteiger partial charge on any atom is 0.258 e. The van der Waals surface area contributed by atoms with E-state index in [0.29, 0.717) is 38.1 Å². The second kappa shape index (κ2) is 8.92. The van der Waals surface area contributed by atoms with E-state index in [1.165, 1.54) is 11.8 Å². The van der Waals surface area contributed by atoms with E-state index in [4.69, 9.17) is 11.6 Å². The summed E-state index contributed by atoms with van der Waals surface area (Å²) in [5.74, 6) is 0.474. The van der Waals surface area contributed by atoms with Gasteiger partial charge in [0.25, 0.3) is 5.91 Å². The molecular weight excluding hydrogens is 390 g/mol. The summed E-state index contributed by atoms with van der Waals surface area (Å²) in [5.41, 5.74) is 3.38. The number of hydrogen-bond donors (Lipinski definition) is 1. The summed E-state index contributed by atoms with van der Waals surface area (Å²) in [7, 11) is 0. The Hall–Kier alpha value is -2.81. The fourth-order valence-corrected chi connectivity index (χ4v) is 3.81. The molecule has 0 aliphatic heterocycles. The van der Waals surface area contributed by atoms with Crippen LogP contribution in [0.3, 0.4) is 0 Å². The van der Waals surface area contributed by atoms with Crippen LogP contribution in [0.2, 0.25) is 5.02 Å². The molecule has 1 amide bonds. The lowest BCUT2D eigenvalue weighted by molar-refractivity contribution is 0.102. The van der Waals surface area contributed by atoms with Crippen LogP contribution in [-0.2, 0) is 0 Å². The first kappa shape index (κ1) is 19.9. The lowest BCUT2D eigenvalue weighted by Crippen LogP contribution is -2.17. The highest BCUT2D eigenvalue weighted by Crippen LogP contribution is 2.35. The van der Waals surface area contributed by atoms with Gasteiger partial charge in [0.1, 0.15) is 11.1 Å². The molecule has 0 radical (unpaired) electrons. The van der Waals surface area contributed by atoms with Gasteiger partial charge in [0.2, 0.25) is 0 Å². The van der Waals surface area contributed by atoms with Gasteiger partial charge in [0.15, 0.2) is 0 Å². The minimum absolute atomic E-state index is 0.300. The molecule has 1 N–H and O–H groups in total. The first-order valence-electron chi connectivity index (χ1n) is 8.75. The number of para-hydroxylation sites is 1. The predicted octanol–water partition coefficient (Wildman–Crippen LogP) is 5.95. The van der Waals surface area contributed by atoms with Crippen molar-refractivity contribution in [3.63, 3.8) is 0 Å². The third kappa shape index (κ3) is 4.19. The summed E-state index contributed by atoms with van der Waals surface area (Å²) in [4.78, 5) is 17.7. The molecule has 140 valence electrons. The monoisotopic (exact) mass is 407 g/mol. The van der Waals surface area contributed by atoms with E-state index in [9.17, 15) is 10.1 Å². The summed E-state index contributed by atoms with van der Waals surface area (Å²) in [6.07, 6.45) is 0. The van der Waals surface area contributed by atoms with Crippen LogP contribution in [0.25, 0.3) is 11.1 Å². The van der Waals surface area contributed by atoms with Gasteiger partial charge in [-0.1, -0.05) is 48.9 Å². The molecule has 0 atom stereocenters. The van der Waals surface area contributed by atoms with Gasteiger partial charge in [-0.3, -0.25) is 4.79 Å². The summed E-state index contributed by atoms with van der Waals surface area (Å²) in [5, 5.41) is 14.0. The molecule has 0 aliphatic rings. The third-order valence-electron chi connectivity index (χ3n) is 4.13. The zero-order valence-corrected chi connectivity index (χ0v) is 17.1. The number of nitriles is 1. The Morgan fingerprint density at radius 1 is 1.18 bits per heavy atom. The van der Waals surface area contributed by atoms with E-state index >= 15 is 0 Å². The van der Waals surface area contributed by atoms with Crippen molar-refractivity contribution in [3.8, 4) is 17.2 Å². The number of pyridine rings is 1. The molecule has 0 fully saturated rings. The molecule has 0 unspecified atom stereocenters. The topological polar surface area (TPSA) is 65.8 Å². The average Bonchev–Trinajstić information content (AvgIpc) is 2.69. The standard InChI is InChI=1S/C22H18ClN3OS/c1-3-28-22-18(13-24)20(15-9-11-16(23)12-10-15)19(14(2)25-22)21(27)26-17-7-5-4-6-8-17/h4-12H,3H2,1-2H3,(H,26,27). The second-order valence-corrected chi connectivity index (χ2v) is 7.69. The van der Waals surface area contributed by atoms with E-state index in [1.807, 2.05) is 49.4 Å². The number of carbonyl (C=O) groups excluding carboxylic acids is 1. The number of rotatable bonds is 5. The largest absolute Gasteiger partial charge is 0.322 e. The van der Waals surface area contributed by atoms with E-state index in [2.05, 4.69) is 16.4 Å². The van der Waals surface area contributed by atoms with Crippen LogP contribution >= 0.6 is 23.4 Å². The molecule has 1 aromatic heterocycles. The molecule has 0 saturated heterocycles. The van der Waals surface area contributed by atoms with Crippen molar-refractivity contribution in [1.29, 1.82) is 5.26 Å². The summed E-state index contributed by atoms with van der Waals surface area (Å²) < 4.78 is 0. The van der Waals surface area contributed by atoms with Gasteiger partial charge in [-0.25, -0.2) is 4.98 Å². The van der Waals surface area contributed by atoms with Crippen LogP contribution in [0.1, 0.15) is 28.5 Å². The van der Waals surface area contributed by atoms with Crippen LogP contribution in [0.15, 0.2) is 59.6 Å². The lowest BCUT2D eigenvalue weighted by Gasteiger charge is -2.17. The van der Waals surface area contributed by atoms with Crippen LogP contribution in [0, 0.1) is 18.3 Å². The van der Waals surface area contributed by atoms with Crippen LogP contribution in [0.5, 0.6) is 0 Å². The zero-order chi connectivity index (χ0) is 20.1. The molecule has 0 spiro atoms. The summed E-state index contributed by atoms with van der Waals surface area (Å²) >= 11 is 7.52. The van der Waals surface area contributed by atoms with Crippen molar-refractivity contribution in [2.45, 2.75) is 18.9 Å². The Labute approximate surface area is 173 Å². The van der Waals surface area contributed by atoms with Crippen molar-refractivity contribution < 1.29 is 4.79 Å². The zero-order valence-electron chi connectivity index (χ0n) is 15.5.